The van der Waals surface area contributed by atoms with Crippen LogP contribution in [0.1, 0.15) is 5.56 Å². The summed E-state index contributed by atoms with van der Waals surface area (Å²) in [6, 6.07) is 9.81. The van der Waals surface area contributed by atoms with Crippen LogP contribution in [0.5, 0.6) is 0 Å². The largest absolute Gasteiger partial charge is 0.336 e. The predicted molar refractivity (Wildman–Crippen MR) is 101 cm³/mol. The first kappa shape index (κ1) is 15.6. The van der Waals surface area contributed by atoms with Crippen molar-refractivity contribution in [1.29, 1.82) is 0 Å². The van der Waals surface area contributed by atoms with E-state index in [4.69, 9.17) is 0 Å². The summed E-state index contributed by atoms with van der Waals surface area (Å²) in [7, 11) is 0. The molecule has 1 fully saturated rings. The number of aromatic nitrogens is 2. The Bertz CT molecular complexity index is 909. The fourth-order valence-electron chi connectivity index (χ4n) is 2.72. The molecule has 0 saturated carbocycles. The third-order valence-electron chi connectivity index (χ3n) is 4.09. The minimum Gasteiger partial charge on any atom is -0.336 e. The Morgan fingerprint density at radius 2 is 2.24 bits per heavy atom. The lowest BCUT2D eigenvalue weighted by Crippen LogP contribution is -2.27. The standard InChI is InChI=1S/C18H17N5OS/c1-12-4-5-14(23-8-7-20-18(23)24)9-15(12)21-17-22-16(11-25-17)13-3-2-6-19-10-13/h2-6,9-11H,7-8H2,1H3,(H,20,24)(H,21,22). The number of anilines is 3. The number of nitrogens with zero attached hydrogens (tertiary/aromatic N) is 3. The highest BCUT2D eigenvalue weighted by molar-refractivity contribution is 7.14. The van der Waals surface area contributed by atoms with Crippen LogP contribution in [0.2, 0.25) is 0 Å². The molecule has 0 bridgehead atoms. The summed E-state index contributed by atoms with van der Waals surface area (Å²) in [5, 5.41) is 9.01. The molecule has 1 saturated heterocycles. The van der Waals surface area contributed by atoms with Crippen LogP contribution in [-0.2, 0) is 0 Å². The van der Waals surface area contributed by atoms with Crippen LogP contribution in [0.3, 0.4) is 0 Å². The van der Waals surface area contributed by atoms with Gasteiger partial charge in [-0.3, -0.25) is 9.88 Å². The number of carbonyl (C=O) groups excluding carboxylic acids is 1. The van der Waals surface area contributed by atoms with Crippen LogP contribution in [0, 0.1) is 6.92 Å². The highest BCUT2D eigenvalue weighted by atomic mass is 32.1. The molecule has 0 radical (unpaired) electrons. The van der Waals surface area contributed by atoms with E-state index in [1.54, 1.807) is 28.6 Å². The number of urea groups is 1. The van der Waals surface area contributed by atoms with Gasteiger partial charge in [-0.25, -0.2) is 9.78 Å². The number of nitrogens with one attached hydrogen (secondary N) is 2. The maximum Gasteiger partial charge on any atom is 0.321 e. The molecule has 0 atom stereocenters. The van der Waals surface area contributed by atoms with Crippen LogP contribution < -0.4 is 15.5 Å². The molecular formula is C18H17N5OS. The first-order valence-corrected chi connectivity index (χ1v) is 8.87. The summed E-state index contributed by atoms with van der Waals surface area (Å²) in [4.78, 5) is 22.4. The average molecular weight is 351 g/mol. The van der Waals surface area contributed by atoms with Gasteiger partial charge < -0.3 is 10.6 Å². The van der Waals surface area contributed by atoms with E-state index in [0.29, 0.717) is 13.1 Å². The van der Waals surface area contributed by atoms with Crippen molar-refractivity contribution < 1.29 is 4.79 Å². The normalized spacial score (nSPS) is 13.8. The average Bonchev–Trinajstić information content (AvgIpc) is 3.27. The van der Waals surface area contributed by atoms with E-state index in [1.807, 2.05) is 42.6 Å². The molecule has 1 aliphatic heterocycles. The van der Waals surface area contributed by atoms with Gasteiger partial charge in [-0.1, -0.05) is 6.07 Å². The van der Waals surface area contributed by atoms with Crippen molar-refractivity contribution in [3.63, 3.8) is 0 Å². The van der Waals surface area contributed by atoms with E-state index in [9.17, 15) is 4.79 Å². The van der Waals surface area contributed by atoms with E-state index in [0.717, 1.165) is 33.3 Å². The predicted octanol–water partition coefficient (Wildman–Crippen LogP) is 3.79. The first-order chi connectivity index (χ1) is 12.2. The smallest absolute Gasteiger partial charge is 0.321 e. The zero-order valence-corrected chi connectivity index (χ0v) is 14.5. The summed E-state index contributed by atoms with van der Waals surface area (Å²) in [5.74, 6) is 0. The van der Waals surface area contributed by atoms with Crippen LogP contribution in [-0.4, -0.2) is 29.1 Å². The Kier molecular flexibility index (Phi) is 4.07. The second-order valence-electron chi connectivity index (χ2n) is 5.79. The Balaban J connectivity index is 1.58. The van der Waals surface area contributed by atoms with Crippen molar-refractivity contribution in [3.8, 4) is 11.3 Å². The molecular weight excluding hydrogens is 334 g/mol. The molecule has 0 unspecified atom stereocenters. The number of hydrogen-bond acceptors (Lipinski definition) is 5. The molecule has 126 valence electrons. The summed E-state index contributed by atoms with van der Waals surface area (Å²) in [5.41, 5.74) is 4.82. The lowest BCUT2D eigenvalue weighted by atomic mass is 10.1. The molecule has 6 nitrogen and oxygen atoms in total. The molecule has 3 heterocycles. The number of thiazole rings is 1. The molecule has 4 rings (SSSR count). The number of benzene rings is 1. The summed E-state index contributed by atoms with van der Waals surface area (Å²) in [6.07, 6.45) is 3.55. The highest BCUT2D eigenvalue weighted by Gasteiger charge is 2.21. The third-order valence-corrected chi connectivity index (χ3v) is 4.85. The van der Waals surface area contributed by atoms with Crippen molar-refractivity contribution in [2.24, 2.45) is 0 Å². The summed E-state index contributed by atoms with van der Waals surface area (Å²) < 4.78 is 0. The number of amides is 2. The molecule has 2 aromatic heterocycles. The number of aryl methyl sites for hydroxylation is 1. The van der Waals surface area contributed by atoms with Crippen LogP contribution in [0.4, 0.5) is 21.3 Å². The maximum absolute atomic E-state index is 11.9. The molecule has 1 aliphatic rings. The minimum absolute atomic E-state index is 0.0529. The fourth-order valence-corrected chi connectivity index (χ4v) is 3.46. The highest BCUT2D eigenvalue weighted by Crippen LogP contribution is 2.30. The van der Waals surface area contributed by atoms with Gasteiger partial charge in [0.15, 0.2) is 5.13 Å². The molecule has 7 heteroatoms. The number of hydrogen-bond donors (Lipinski definition) is 2. The zero-order valence-electron chi connectivity index (χ0n) is 13.7. The van der Waals surface area contributed by atoms with Gasteiger partial charge in [-0.05, 0) is 36.8 Å². The van der Waals surface area contributed by atoms with E-state index in [1.165, 1.54) is 0 Å². The van der Waals surface area contributed by atoms with Crippen LogP contribution >= 0.6 is 11.3 Å². The van der Waals surface area contributed by atoms with E-state index in [-0.39, 0.29) is 6.03 Å². The van der Waals surface area contributed by atoms with Gasteiger partial charge in [0.05, 0.1) is 5.69 Å². The minimum atomic E-state index is -0.0529. The molecule has 2 N–H and O–H groups in total. The van der Waals surface area contributed by atoms with Crippen LogP contribution in [0.15, 0.2) is 48.1 Å². The van der Waals surface area contributed by atoms with E-state index >= 15 is 0 Å². The first-order valence-electron chi connectivity index (χ1n) is 8.00. The van der Waals surface area contributed by atoms with Gasteiger partial charge >= 0.3 is 6.03 Å². The molecule has 3 aromatic rings. The molecule has 25 heavy (non-hydrogen) atoms. The lowest BCUT2D eigenvalue weighted by Gasteiger charge is -2.16. The second kappa shape index (κ2) is 6.52. The molecule has 0 aliphatic carbocycles. The zero-order chi connectivity index (χ0) is 17.2. The van der Waals surface area contributed by atoms with Gasteiger partial charge in [0, 0.05) is 47.8 Å². The van der Waals surface area contributed by atoms with Gasteiger partial charge in [0.1, 0.15) is 0 Å². The van der Waals surface area contributed by atoms with E-state index < -0.39 is 0 Å². The molecule has 1 aromatic carbocycles. The second-order valence-corrected chi connectivity index (χ2v) is 6.65. The van der Waals surface area contributed by atoms with Crippen molar-refractivity contribution in [2.45, 2.75) is 6.92 Å². The SMILES string of the molecule is Cc1ccc(N2CCNC2=O)cc1Nc1nc(-c2cccnc2)cs1. The molecule has 2 amide bonds. The number of pyridine rings is 1. The summed E-state index contributed by atoms with van der Waals surface area (Å²) >= 11 is 1.54. The quantitative estimate of drug-likeness (QED) is 0.750. The topological polar surface area (TPSA) is 70.2 Å². The van der Waals surface area contributed by atoms with Crippen molar-refractivity contribution in [1.82, 2.24) is 15.3 Å². The number of rotatable bonds is 4. The Morgan fingerprint density at radius 1 is 1.32 bits per heavy atom. The van der Waals surface area contributed by atoms with Gasteiger partial charge in [-0.15, -0.1) is 11.3 Å². The van der Waals surface area contributed by atoms with E-state index in [2.05, 4.69) is 20.6 Å². The molecule has 0 spiro atoms. The summed E-state index contributed by atoms with van der Waals surface area (Å²) in [6.45, 7) is 3.39. The van der Waals surface area contributed by atoms with Gasteiger partial charge in [0.2, 0.25) is 0 Å². The maximum atomic E-state index is 11.9. The van der Waals surface area contributed by atoms with Crippen molar-refractivity contribution in [3.05, 3.63) is 53.7 Å². The lowest BCUT2D eigenvalue weighted by molar-refractivity contribution is 0.252. The van der Waals surface area contributed by atoms with Gasteiger partial charge in [-0.2, -0.15) is 0 Å². The van der Waals surface area contributed by atoms with Crippen LogP contribution in [0.25, 0.3) is 11.3 Å². The van der Waals surface area contributed by atoms with Crippen molar-refractivity contribution >= 4 is 33.9 Å². The van der Waals surface area contributed by atoms with Crippen molar-refractivity contribution in [2.75, 3.05) is 23.3 Å². The Labute approximate surface area is 149 Å². The fraction of sp³-hybridized carbons (Fsp3) is 0.167. The number of carbonyl (C=O) groups is 1. The van der Waals surface area contributed by atoms with Gasteiger partial charge in [0.25, 0.3) is 0 Å². The Hall–Kier alpha value is -2.93. The Morgan fingerprint density at radius 3 is 3.00 bits per heavy atom. The third kappa shape index (κ3) is 3.18. The monoisotopic (exact) mass is 351 g/mol.